The third-order valence-electron chi connectivity index (χ3n) is 3.20. The van der Waals surface area contributed by atoms with Crippen LogP contribution >= 0.6 is 0 Å². The van der Waals surface area contributed by atoms with Crippen LogP contribution in [0.25, 0.3) is 33.7 Å². The molecule has 0 aliphatic carbocycles. The summed E-state index contributed by atoms with van der Waals surface area (Å²) >= 11 is 0. The Kier molecular flexibility index (Phi) is 2.43. The quantitative estimate of drug-likeness (QED) is 0.582. The van der Waals surface area contributed by atoms with Crippen LogP contribution in [-0.2, 0) is 0 Å². The van der Waals surface area contributed by atoms with E-state index in [1.165, 1.54) is 6.33 Å². The first kappa shape index (κ1) is 11.6. The van der Waals surface area contributed by atoms with Gasteiger partial charge >= 0.3 is 0 Å². The summed E-state index contributed by atoms with van der Waals surface area (Å²) in [5, 5.41) is 11.7. The number of fused-ring (bicyclic) bond motifs is 1. The highest BCUT2D eigenvalue weighted by Crippen LogP contribution is 2.30. The molecule has 7 nitrogen and oxygen atoms in total. The van der Waals surface area contributed by atoms with Gasteiger partial charge in [0.05, 0.1) is 5.39 Å². The van der Waals surface area contributed by atoms with Gasteiger partial charge in [-0.25, -0.2) is 9.97 Å². The molecule has 0 aliphatic heterocycles. The van der Waals surface area contributed by atoms with Crippen LogP contribution in [0.3, 0.4) is 0 Å². The Morgan fingerprint density at radius 1 is 1.10 bits per heavy atom. The number of nitrogen functional groups attached to an aromatic ring is 1. The van der Waals surface area contributed by atoms with Crippen molar-refractivity contribution in [2.45, 2.75) is 0 Å². The van der Waals surface area contributed by atoms with Crippen molar-refractivity contribution in [2.75, 3.05) is 5.73 Å². The molecule has 0 fully saturated rings. The largest absolute Gasteiger partial charge is 0.383 e. The smallest absolute Gasteiger partial charge is 0.186 e. The number of nitrogens with one attached hydrogen (secondary N) is 1. The molecule has 3 aromatic heterocycles. The standard InChI is InChI=1S/C14H10N6O/c15-13-11-12(18-19-14(11)17-7-16-13)9-6-10(21-20-9)8-4-2-1-3-5-8/h1-7H,(H3,15,16,17,18,19). The number of nitrogens with two attached hydrogens (primary N) is 1. The number of rotatable bonds is 2. The van der Waals surface area contributed by atoms with E-state index in [0.717, 1.165) is 5.56 Å². The number of hydrogen-bond acceptors (Lipinski definition) is 6. The van der Waals surface area contributed by atoms with Gasteiger partial charge in [-0.1, -0.05) is 35.5 Å². The predicted octanol–water partition coefficient (Wildman–Crippen LogP) is 2.26. The highest BCUT2D eigenvalue weighted by molar-refractivity contribution is 5.97. The van der Waals surface area contributed by atoms with Crippen LogP contribution in [0, 0.1) is 0 Å². The van der Waals surface area contributed by atoms with Crippen LogP contribution in [0.5, 0.6) is 0 Å². The lowest BCUT2D eigenvalue weighted by atomic mass is 10.1. The van der Waals surface area contributed by atoms with E-state index < -0.39 is 0 Å². The molecule has 102 valence electrons. The van der Waals surface area contributed by atoms with Gasteiger partial charge in [-0.05, 0) is 0 Å². The van der Waals surface area contributed by atoms with E-state index >= 15 is 0 Å². The van der Waals surface area contributed by atoms with Crippen molar-refractivity contribution >= 4 is 16.9 Å². The molecular weight excluding hydrogens is 268 g/mol. The minimum atomic E-state index is 0.355. The maximum absolute atomic E-state index is 5.89. The molecule has 3 heterocycles. The van der Waals surface area contributed by atoms with Gasteiger partial charge in [0, 0.05) is 11.6 Å². The van der Waals surface area contributed by atoms with Gasteiger partial charge in [0.15, 0.2) is 11.4 Å². The Morgan fingerprint density at radius 3 is 2.81 bits per heavy atom. The van der Waals surface area contributed by atoms with Gasteiger partial charge in [-0.3, -0.25) is 5.10 Å². The molecule has 0 amide bonds. The lowest BCUT2D eigenvalue weighted by Crippen LogP contribution is -1.92. The van der Waals surface area contributed by atoms with E-state index in [1.54, 1.807) is 0 Å². The van der Waals surface area contributed by atoms with E-state index in [-0.39, 0.29) is 0 Å². The highest BCUT2D eigenvalue weighted by Gasteiger charge is 2.16. The van der Waals surface area contributed by atoms with Gasteiger partial charge in [0.1, 0.15) is 23.5 Å². The average Bonchev–Trinajstić information content (AvgIpc) is 3.15. The number of hydrogen-bond donors (Lipinski definition) is 2. The molecule has 0 aliphatic rings. The summed E-state index contributed by atoms with van der Waals surface area (Å²) in [6, 6.07) is 11.6. The van der Waals surface area contributed by atoms with Gasteiger partial charge in [-0.2, -0.15) is 5.10 Å². The maximum Gasteiger partial charge on any atom is 0.186 e. The van der Waals surface area contributed by atoms with Crippen molar-refractivity contribution < 1.29 is 4.52 Å². The number of H-pyrrole nitrogens is 1. The van der Waals surface area contributed by atoms with Crippen molar-refractivity contribution in [3.63, 3.8) is 0 Å². The normalized spacial score (nSPS) is 11.0. The van der Waals surface area contributed by atoms with Crippen molar-refractivity contribution in [3.05, 3.63) is 42.7 Å². The molecule has 4 rings (SSSR count). The fourth-order valence-electron chi connectivity index (χ4n) is 2.20. The summed E-state index contributed by atoms with van der Waals surface area (Å²) in [5.74, 6) is 1.02. The third-order valence-corrected chi connectivity index (χ3v) is 3.20. The molecule has 0 unspecified atom stereocenters. The summed E-state index contributed by atoms with van der Waals surface area (Å²) in [6.45, 7) is 0. The molecule has 4 aromatic rings. The third kappa shape index (κ3) is 1.83. The second kappa shape index (κ2) is 4.41. The van der Waals surface area contributed by atoms with Gasteiger partial charge in [0.2, 0.25) is 0 Å². The summed E-state index contributed by atoms with van der Waals surface area (Å²) in [5.41, 5.74) is 8.59. The molecule has 0 saturated heterocycles. The topological polar surface area (TPSA) is 107 Å². The van der Waals surface area contributed by atoms with E-state index in [9.17, 15) is 0 Å². The molecule has 0 atom stereocenters. The van der Waals surface area contributed by atoms with Gasteiger partial charge in [0.25, 0.3) is 0 Å². The Labute approximate surface area is 118 Å². The lowest BCUT2D eigenvalue weighted by molar-refractivity contribution is 0.434. The van der Waals surface area contributed by atoms with Crippen LogP contribution in [0.4, 0.5) is 5.82 Å². The molecule has 3 N–H and O–H groups in total. The van der Waals surface area contributed by atoms with Crippen LogP contribution in [0.15, 0.2) is 47.2 Å². The SMILES string of the molecule is Nc1ncnc2n[nH]c(-c3cc(-c4ccccc4)on3)c12. The number of aromatic amines is 1. The zero-order valence-corrected chi connectivity index (χ0v) is 10.8. The fraction of sp³-hybridized carbons (Fsp3) is 0. The van der Waals surface area contributed by atoms with E-state index in [0.29, 0.717) is 34.0 Å². The van der Waals surface area contributed by atoms with E-state index in [2.05, 4.69) is 25.3 Å². The van der Waals surface area contributed by atoms with Crippen LogP contribution in [0.2, 0.25) is 0 Å². The summed E-state index contributed by atoms with van der Waals surface area (Å²) in [6.07, 6.45) is 1.38. The highest BCUT2D eigenvalue weighted by atomic mass is 16.5. The number of nitrogens with zero attached hydrogens (tertiary/aromatic N) is 4. The van der Waals surface area contributed by atoms with Gasteiger partial charge < -0.3 is 10.3 Å². The number of aromatic nitrogens is 5. The maximum atomic E-state index is 5.89. The predicted molar refractivity (Wildman–Crippen MR) is 77.0 cm³/mol. The lowest BCUT2D eigenvalue weighted by Gasteiger charge is -1.94. The number of benzene rings is 1. The van der Waals surface area contributed by atoms with Crippen molar-refractivity contribution in [1.82, 2.24) is 25.3 Å². The molecule has 1 aromatic carbocycles. The van der Waals surface area contributed by atoms with Gasteiger partial charge in [-0.15, -0.1) is 0 Å². The van der Waals surface area contributed by atoms with E-state index in [4.69, 9.17) is 10.3 Å². The second-order valence-electron chi connectivity index (χ2n) is 4.50. The first-order valence-electron chi connectivity index (χ1n) is 6.30. The minimum absolute atomic E-state index is 0.355. The summed E-state index contributed by atoms with van der Waals surface area (Å²) < 4.78 is 5.38. The zero-order chi connectivity index (χ0) is 14.2. The Hall–Kier alpha value is -3.22. The molecular formula is C14H10N6O. The monoisotopic (exact) mass is 278 g/mol. The average molecular weight is 278 g/mol. The molecule has 7 heteroatoms. The van der Waals surface area contributed by atoms with Crippen molar-refractivity contribution in [3.8, 4) is 22.7 Å². The van der Waals surface area contributed by atoms with Crippen LogP contribution in [0.1, 0.15) is 0 Å². The Balaban J connectivity index is 1.85. The van der Waals surface area contributed by atoms with Crippen LogP contribution in [-0.4, -0.2) is 25.3 Å². The van der Waals surface area contributed by atoms with Crippen molar-refractivity contribution in [1.29, 1.82) is 0 Å². The minimum Gasteiger partial charge on any atom is -0.383 e. The summed E-state index contributed by atoms with van der Waals surface area (Å²) in [7, 11) is 0. The molecule has 0 radical (unpaired) electrons. The second-order valence-corrected chi connectivity index (χ2v) is 4.50. The fourth-order valence-corrected chi connectivity index (χ4v) is 2.20. The number of anilines is 1. The Morgan fingerprint density at radius 2 is 1.95 bits per heavy atom. The Bertz CT molecular complexity index is 912. The first-order chi connectivity index (χ1) is 10.3. The molecule has 0 bridgehead atoms. The molecule has 0 spiro atoms. The molecule has 21 heavy (non-hydrogen) atoms. The molecule has 0 saturated carbocycles. The zero-order valence-electron chi connectivity index (χ0n) is 10.8. The summed E-state index contributed by atoms with van der Waals surface area (Å²) in [4.78, 5) is 8.04. The first-order valence-corrected chi connectivity index (χ1v) is 6.30. The van der Waals surface area contributed by atoms with Crippen molar-refractivity contribution in [2.24, 2.45) is 0 Å². The van der Waals surface area contributed by atoms with Crippen LogP contribution < -0.4 is 5.73 Å². The van der Waals surface area contributed by atoms with E-state index in [1.807, 2.05) is 36.4 Å².